The Labute approximate surface area is 160 Å². The first kappa shape index (κ1) is 20.5. The molecule has 3 rings (SSSR count). The zero-order valence-corrected chi connectivity index (χ0v) is 16.9. The fourth-order valence-electron chi connectivity index (χ4n) is 4.82. The zero-order chi connectivity index (χ0) is 18.6. The molecule has 3 fully saturated rings. The van der Waals surface area contributed by atoms with Gasteiger partial charge in [-0.2, -0.15) is 0 Å². The minimum atomic E-state index is -0.226. The number of fused-ring (bicyclic) bond motifs is 2. The van der Waals surface area contributed by atoms with E-state index in [4.69, 9.17) is 11.5 Å². The van der Waals surface area contributed by atoms with E-state index >= 15 is 0 Å². The Hall–Kier alpha value is -0.240. The fraction of sp³-hybridized carbons (Fsp3) is 1.00. The molecule has 0 bridgehead atoms. The summed E-state index contributed by atoms with van der Waals surface area (Å²) in [5.41, 5.74) is 12.8. The Morgan fingerprint density at radius 3 is 1.00 bits per heavy atom. The SMILES string of the molecule is CC1(N)CN[C@H]2CCCC[C@@H]2NCC(C)(N)CN[C@H]2CCCC[C@@H]2NC1. The lowest BCUT2D eigenvalue weighted by Crippen LogP contribution is -2.64. The molecular weight excluding hydrogens is 324 g/mol. The van der Waals surface area contributed by atoms with Crippen molar-refractivity contribution in [1.82, 2.24) is 21.3 Å². The van der Waals surface area contributed by atoms with Gasteiger partial charge in [-0.3, -0.25) is 0 Å². The summed E-state index contributed by atoms with van der Waals surface area (Å²) in [5.74, 6) is 0. The number of nitrogens with two attached hydrogens (primary N) is 2. The second-order valence-corrected chi connectivity index (χ2v) is 9.83. The average Bonchev–Trinajstić information content (AvgIpc) is 2.62. The van der Waals surface area contributed by atoms with Crippen LogP contribution < -0.4 is 32.7 Å². The Balaban J connectivity index is 1.69. The molecule has 26 heavy (non-hydrogen) atoms. The van der Waals surface area contributed by atoms with Gasteiger partial charge in [-0.15, -0.1) is 0 Å². The third-order valence-corrected chi connectivity index (χ3v) is 6.60. The molecule has 0 spiro atoms. The van der Waals surface area contributed by atoms with Crippen molar-refractivity contribution < 1.29 is 0 Å². The van der Waals surface area contributed by atoms with E-state index < -0.39 is 0 Å². The monoisotopic (exact) mass is 366 g/mol. The second-order valence-electron chi connectivity index (χ2n) is 9.83. The van der Waals surface area contributed by atoms with E-state index in [9.17, 15) is 0 Å². The summed E-state index contributed by atoms with van der Waals surface area (Å²) in [4.78, 5) is 0. The lowest BCUT2D eigenvalue weighted by Gasteiger charge is -2.41. The molecule has 0 aromatic carbocycles. The Kier molecular flexibility index (Phi) is 6.97. The van der Waals surface area contributed by atoms with Crippen LogP contribution in [0.5, 0.6) is 0 Å². The van der Waals surface area contributed by atoms with E-state index in [2.05, 4.69) is 35.1 Å². The van der Waals surface area contributed by atoms with Crippen molar-refractivity contribution >= 4 is 0 Å². The van der Waals surface area contributed by atoms with Crippen molar-refractivity contribution in [3.05, 3.63) is 0 Å². The van der Waals surface area contributed by atoms with Crippen molar-refractivity contribution in [2.75, 3.05) is 26.2 Å². The summed E-state index contributed by atoms with van der Waals surface area (Å²) in [7, 11) is 0. The minimum absolute atomic E-state index is 0.226. The van der Waals surface area contributed by atoms with Gasteiger partial charge in [-0.05, 0) is 39.5 Å². The van der Waals surface area contributed by atoms with E-state index in [1.807, 2.05) is 0 Å². The van der Waals surface area contributed by atoms with Crippen LogP contribution in [0.4, 0.5) is 0 Å². The van der Waals surface area contributed by atoms with E-state index in [1.165, 1.54) is 51.4 Å². The van der Waals surface area contributed by atoms with E-state index in [-0.39, 0.29) is 11.1 Å². The molecule has 2 aliphatic carbocycles. The van der Waals surface area contributed by atoms with Gasteiger partial charge in [-0.25, -0.2) is 0 Å². The number of hydrogen-bond acceptors (Lipinski definition) is 6. The van der Waals surface area contributed by atoms with Crippen LogP contribution in [0.1, 0.15) is 65.2 Å². The zero-order valence-electron chi connectivity index (χ0n) is 16.9. The fourth-order valence-corrected chi connectivity index (χ4v) is 4.82. The maximum atomic E-state index is 6.63. The molecule has 2 saturated carbocycles. The molecule has 0 aromatic rings. The standard InChI is InChI=1S/C20H42N6/c1-19(21)11-23-15-7-3-5-9-17(15)25-13-20(2,22)14-26-18-10-6-4-8-16(18)24-12-19/h15-18,23-26H,3-14,21-22H2,1-2H3/t15-,16-,17-,18-,19?,20?/m0/s1. The summed E-state index contributed by atoms with van der Waals surface area (Å²) in [6.45, 7) is 7.76. The summed E-state index contributed by atoms with van der Waals surface area (Å²) < 4.78 is 0. The van der Waals surface area contributed by atoms with Gasteiger partial charge in [0.1, 0.15) is 0 Å². The highest BCUT2D eigenvalue weighted by molar-refractivity contribution is 4.97. The van der Waals surface area contributed by atoms with Crippen LogP contribution in [0.2, 0.25) is 0 Å². The molecule has 152 valence electrons. The lowest BCUT2D eigenvalue weighted by atomic mass is 9.87. The normalized spacial score (nSPS) is 46.6. The third-order valence-electron chi connectivity index (χ3n) is 6.60. The van der Waals surface area contributed by atoms with Crippen LogP contribution in [0.15, 0.2) is 0 Å². The highest BCUT2D eigenvalue weighted by atomic mass is 15.1. The molecule has 0 unspecified atom stereocenters. The van der Waals surface area contributed by atoms with Crippen molar-refractivity contribution in [3.8, 4) is 0 Å². The summed E-state index contributed by atoms with van der Waals surface area (Å²) in [5, 5.41) is 15.1. The highest BCUT2D eigenvalue weighted by Crippen LogP contribution is 2.21. The number of nitrogens with one attached hydrogen (secondary N) is 4. The largest absolute Gasteiger partial charge is 0.323 e. The molecule has 0 radical (unpaired) electrons. The van der Waals surface area contributed by atoms with Gasteiger partial charge in [0.25, 0.3) is 0 Å². The molecule has 6 nitrogen and oxygen atoms in total. The van der Waals surface area contributed by atoms with Gasteiger partial charge >= 0.3 is 0 Å². The summed E-state index contributed by atoms with van der Waals surface area (Å²) >= 11 is 0. The predicted molar refractivity (Wildman–Crippen MR) is 109 cm³/mol. The average molecular weight is 367 g/mol. The predicted octanol–water partition coefficient (Wildman–Crippen LogP) is 0.416. The first-order chi connectivity index (χ1) is 12.3. The topological polar surface area (TPSA) is 100 Å². The lowest BCUT2D eigenvalue weighted by molar-refractivity contribution is 0.218. The summed E-state index contributed by atoms with van der Waals surface area (Å²) in [6, 6.07) is 2.00. The van der Waals surface area contributed by atoms with E-state index in [1.54, 1.807) is 0 Å². The van der Waals surface area contributed by atoms with Crippen molar-refractivity contribution in [3.63, 3.8) is 0 Å². The molecule has 1 aliphatic heterocycles. The molecule has 4 atom stereocenters. The van der Waals surface area contributed by atoms with Crippen LogP contribution in [0, 0.1) is 0 Å². The van der Waals surface area contributed by atoms with Gasteiger partial charge in [0, 0.05) is 61.4 Å². The van der Waals surface area contributed by atoms with Gasteiger partial charge in [0.05, 0.1) is 0 Å². The molecule has 1 heterocycles. The third kappa shape index (κ3) is 5.88. The van der Waals surface area contributed by atoms with Crippen LogP contribution in [0.25, 0.3) is 0 Å². The number of rotatable bonds is 0. The maximum absolute atomic E-state index is 6.63. The Bertz CT molecular complexity index is 362. The quantitative estimate of drug-likeness (QED) is 0.372. The molecule has 0 aromatic heterocycles. The van der Waals surface area contributed by atoms with Crippen molar-refractivity contribution in [1.29, 1.82) is 0 Å². The molecule has 1 saturated heterocycles. The van der Waals surface area contributed by atoms with Crippen LogP contribution in [-0.2, 0) is 0 Å². The first-order valence-electron chi connectivity index (χ1n) is 10.9. The van der Waals surface area contributed by atoms with Gasteiger partial charge in [-0.1, -0.05) is 25.7 Å². The smallest absolute Gasteiger partial charge is 0.0378 e. The van der Waals surface area contributed by atoms with Crippen LogP contribution >= 0.6 is 0 Å². The molecule has 8 N–H and O–H groups in total. The van der Waals surface area contributed by atoms with Gasteiger partial charge < -0.3 is 32.7 Å². The van der Waals surface area contributed by atoms with E-state index in [0.29, 0.717) is 24.2 Å². The highest BCUT2D eigenvalue weighted by Gasteiger charge is 2.32. The molecule has 0 amide bonds. The van der Waals surface area contributed by atoms with Crippen LogP contribution in [-0.4, -0.2) is 61.4 Å². The Morgan fingerprint density at radius 1 is 0.538 bits per heavy atom. The van der Waals surface area contributed by atoms with Crippen molar-refractivity contribution in [2.45, 2.75) is 100 Å². The Morgan fingerprint density at radius 2 is 0.769 bits per heavy atom. The minimum Gasteiger partial charge on any atom is -0.323 e. The number of hydrogen-bond donors (Lipinski definition) is 6. The van der Waals surface area contributed by atoms with Gasteiger partial charge in [0.2, 0.25) is 0 Å². The second kappa shape index (κ2) is 8.84. The maximum Gasteiger partial charge on any atom is 0.0378 e. The summed E-state index contributed by atoms with van der Waals surface area (Å²) in [6.07, 6.45) is 10.1. The first-order valence-corrected chi connectivity index (χ1v) is 10.9. The van der Waals surface area contributed by atoms with E-state index in [0.717, 1.165) is 26.2 Å². The molecule has 3 aliphatic rings. The molecular formula is C20H42N6. The van der Waals surface area contributed by atoms with Crippen molar-refractivity contribution in [2.24, 2.45) is 11.5 Å². The van der Waals surface area contributed by atoms with Crippen LogP contribution in [0.3, 0.4) is 0 Å². The molecule has 6 heteroatoms. The van der Waals surface area contributed by atoms with Gasteiger partial charge in [0.15, 0.2) is 0 Å².